The largest absolute Gasteiger partial charge is 0.228 e. The van der Waals surface area contributed by atoms with Gasteiger partial charge in [-0.25, -0.2) is 14.4 Å². The third-order valence-electron chi connectivity index (χ3n) is 2.75. The summed E-state index contributed by atoms with van der Waals surface area (Å²) in [5.41, 5.74) is 0.900. The van der Waals surface area contributed by atoms with Gasteiger partial charge in [-0.3, -0.25) is 0 Å². The third-order valence-corrected chi connectivity index (χ3v) is 3.33. The highest BCUT2D eigenvalue weighted by molar-refractivity contribution is 6.34. The summed E-state index contributed by atoms with van der Waals surface area (Å²) in [5, 5.41) is 1.06. The minimum absolute atomic E-state index is 0.0328. The Balaban J connectivity index is 2.29. The molecule has 0 saturated carbocycles. The van der Waals surface area contributed by atoms with Gasteiger partial charge in [0.1, 0.15) is 5.15 Å². The normalized spacial score (nSPS) is 10.9. The molecule has 1 heterocycles. The van der Waals surface area contributed by atoms with Gasteiger partial charge in [0.25, 0.3) is 0 Å². The van der Waals surface area contributed by atoms with Crippen molar-refractivity contribution in [3.8, 4) is 11.4 Å². The van der Waals surface area contributed by atoms with Crippen molar-refractivity contribution in [1.29, 1.82) is 0 Å². The zero-order chi connectivity index (χ0) is 13.4. The molecule has 94 valence electrons. The van der Waals surface area contributed by atoms with Crippen LogP contribution in [0.2, 0.25) is 10.2 Å². The van der Waals surface area contributed by atoms with E-state index in [-0.39, 0.29) is 16.4 Å². The zero-order valence-corrected chi connectivity index (χ0v) is 11.1. The first kappa shape index (κ1) is 12.3. The van der Waals surface area contributed by atoms with Crippen LogP contribution < -0.4 is 0 Å². The quantitative estimate of drug-likeness (QED) is 0.605. The Hall–Kier alpha value is -1.71. The Morgan fingerprint density at radius 3 is 2.53 bits per heavy atom. The molecule has 1 aromatic heterocycles. The van der Waals surface area contributed by atoms with Gasteiger partial charge < -0.3 is 0 Å². The van der Waals surface area contributed by atoms with Gasteiger partial charge in [0, 0.05) is 5.39 Å². The molecule has 0 atom stereocenters. The van der Waals surface area contributed by atoms with E-state index in [2.05, 4.69) is 9.97 Å². The smallest absolute Gasteiger partial charge is 0.164 e. The number of nitrogens with zero attached hydrogens (tertiary/aromatic N) is 2. The lowest BCUT2D eigenvalue weighted by Crippen LogP contribution is -1.94. The first-order valence-corrected chi connectivity index (χ1v) is 6.29. The molecule has 0 radical (unpaired) electrons. The summed E-state index contributed by atoms with van der Waals surface area (Å²) in [6.45, 7) is 0. The summed E-state index contributed by atoms with van der Waals surface area (Å²) in [6.07, 6.45) is 0. The SMILES string of the molecule is Fc1c(Cl)cccc1-c1nc(Cl)c2ccccc2n1. The van der Waals surface area contributed by atoms with Crippen molar-refractivity contribution in [3.63, 3.8) is 0 Å². The Bertz CT molecular complexity index is 774. The molecule has 0 bridgehead atoms. The molecule has 0 unspecified atom stereocenters. The van der Waals surface area contributed by atoms with Crippen molar-refractivity contribution in [2.24, 2.45) is 0 Å². The van der Waals surface area contributed by atoms with Crippen molar-refractivity contribution in [3.05, 3.63) is 58.5 Å². The molecule has 0 aliphatic heterocycles. The summed E-state index contributed by atoms with van der Waals surface area (Å²) in [7, 11) is 0. The minimum Gasteiger partial charge on any atom is -0.228 e. The van der Waals surface area contributed by atoms with E-state index in [4.69, 9.17) is 23.2 Å². The minimum atomic E-state index is -0.546. The van der Waals surface area contributed by atoms with E-state index >= 15 is 0 Å². The fraction of sp³-hybridized carbons (Fsp3) is 0. The van der Waals surface area contributed by atoms with Crippen LogP contribution in [-0.2, 0) is 0 Å². The maximum absolute atomic E-state index is 14.0. The lowest BCUT2D eigenvalue weighted by Gasteiger charge is -2.06. The number of aromatic nitrogens is 2. The van der Waals surface area contributed by atoms with Crippen molar-refractivity contribution in [2.75, 3.05) is 0 Å². The van der Waals surface area contributed by atoms with Gasteiger partial charge in [-0.05, 0) is 24.3 Å². The number of benzene rings is 2. The van der Waals surface area contributed by atoms with Gasteiger partial charge in [0.05, 0.1) is 16.1 Å². The summed E-state index contributed by atoms with van der Waals surface area (Å²) in [6, 6.07) is 12.0. The lowest BCUT2D eigenvalue weighted by atomic mass is 10.2. The first-order valence-electron chi connectivity index (χ1n) is 5.53. The van der Waals surface area contributed by atoms with Crippen LogP contribution in [0.1, 0.15) is 0 Å². The van der Waals surface area contributed by atoms with Gasteiger partial charge in [-0.1, -0.05) is 41.4 Å². The second-order valence-electron chi connectivity index (χ2n) is 3.96. The van der Waals surface area contributed by atoms with Gasteiger partial charge in [0.2, 0.25) is 0 Å². The van der Waals surface area contributed by atoms with Crippen molar-refractivity contribution in [2.45, 2.75) is 0 Å². The summed E-state index contributed by atoms with van der Waals surface area (Å²) in [4.78, 5) is 8.44. The van der Waals surface area contributed by atoms with Crippen molar-refractivity contribution >= 4 is 34.1 Å². The molecule has 0 saturated heterocycles. The van der Waals surface area contributed by atoms with Gasteiger partial charge >= 0.3 is 0 Å². The summed E-state index contributed by atoms with van der Waals surface area (Å²) >= 11 is 11.9. The molecule has 0 aliphatic carbocycles. The Labute approximate surface area is 118 Å². The molecule has 0 aliphatic rings. The van der Waals surface area contributed by atoms with E-state index < -0.39 is 5.82 Å². The standard InChI is InChI=1S/C14H7Cl2FN2/c15-10-6-3-5-9(12(10)17)14-18-11-7-2-1-4-8(11)13(16)19-14/h1-7H. The molecule has 0 N–H and O–H groups in total. The Kier molecular flexibility index (Phi) is 3.09. The molecule has 0 fully saturated rings. The Morgan fingerprint density at radius 1 is 0.895 bits per heavy atom. The van der Waals surface area contributed by atoms with Crippen molar-refractivity contribution in [1.82, 2.24) is 9.97 Å². The molecular formula is C14H7Cl2FN2. The fourth-order valence-corrected chi connectivity index (χ4v) is 2.25. The first-order chi connectivity index (χ1) is 9.16. The Morgan fingerprint density at radius 2 is 1.68 bits per heavy atom. The van der Waals surface area contributed by atoms with Crippen LogP contribution in [0.4, 0.5) is 4.39 Å². The maximum atomic E-state index is 14.0. The van der Waals surface area contributed by atoms with Gasteiger partial charge in [-0.2, -0.15) is 0 Å². The highest BCUT2D eigenvalue weighted by Crippen LogP contribution is 2.28. The van der Waals surface area contributed by atoms with E-state index in [1.54, 1.807) is 18.2 Å². The van der Waals surface area contributed by atoms with Gasteiger partial charge in [-0.15, -0.1) is 0 Å². The number of hydrogen-bond acceptors (Lipinski definition) is 2. The van der Waals surface area contributed by atoms with E-state index in [1.807, 2.05) is 18.2 Å². The average Bonchev–Trinajstić information content (AvgIpc) is 2.42. The number of rotatable bonds is 1. The van der Waals surface area contributed by atoms with Gasteiger partial charge in [0.15, 0.2) is 11.6 Å². The highest BCUT2D eigenvalue weighted by atomic mass is 35.5. The number of para-hydroxylation sites is 1. The third kappa shape index (κ3) is 2.15. The molecule has 19 heavy (non-hydrogen) atoms. The second-order valence-corrected chi connectivity index (χ2v) is 4.72. The van der Waals surface area contributed by atoms with E-state index in [1.165, 1.54) is 6.07 Å². The summed E-state index contributed by atoms with van der Waals surface area (Å²) in [5.74, 6) is -0.320. The molecule has 0 amide bonds. The van der Waals surface area contributed by atoms with Crippen LogP contribution in [0.3, 0.4) is 0 Å². The molecule has 3 rings (SSSR count). The van der Waals surface area contributed by atoms with Crippen LogP contribution in [-0.4, -0.2) is 9.97 Å². The molecule has 2 nitrogen and oxygen atoms in total. The number of fused-ring (bicyclic) bond motifs is 1. The highest BCUT2D eigenvalue weighted by Gasteiger charge is 2.13. The predicted octanol–water partition coefficient (Wildman–Crippen LogP) is 4.74. The van der Waals surface area contributed by atoms with E-state index in [0.29, 0.717) is 10.7 Å². The van der Waals surface area contributed by atoms with E-state index in [9.17, 15) is 4.39 Å². The van der Waals surface area contributed by atoms with Crippen LogP contribution in [0.25, 0.3) is 22.3 Å². The van der Waals surface area contributed by atoms with Crippen LogP contribution in [0, 0.1) is 5.82 Å². The van der Waals surface area contributed by atoms with E-state index in [0.717, 1.165) is 5.39 Å². The topological polar surface area (TPSA) is 25.8 Å². The number of halogens is 3. The molecule has 3 aromatic rings. The molecule has 5 heteroatoms. The monoisotopic (exact) mass is 292 g/mol. The van der Waals surface area contributed by atoms with Crippen LogP contribution in [0.15, 0.2) is 42.5 Å². The average molecular weight is 293 g/mol. The second kappa shape index (κ2) is 4.76. The maximum Gasteiger partial charge on any atom is 0.164 e. The lowest BCUT2D eigenvalue weighted by molar-refractivity contribution is 0.630. The van der Waals surface area contributed by atoms with Crippen molar-refractivity contribution < 1.29 is 4.39 Å². The molecular weight excluding hydrogens is 286 g/mol. The van der Waals surface area contributed by atoms with Crippen LogP contribution >= 0.6 is 23.2 Å². The molecule has 2 aromatic carbocycles. The fourth-order valence-electron chi connectivity index (χ4n) is 1.83. The number of hydrogen-bond donors (Lipinski definition) is 0. The van der Waals surface area contributed by atoms with Crippen LogP contribution in [0.5, 0.6) is 0 Å². The zero-order valence-electron chi connectivity index (χ0n) is 9.57. The molecule has 0 spiro atoms. The predicted molar refractivity (Wildman–Crippen MR) is 75.0 cm³/mol. The summed E-state index contributed by atoms with van der Waals surface area (Å²) < 4.78 is 14.0.